The number of carboxylic acids is 1. The zero-order chi connectivity index (χ0) is 15.4. The molecule has 0 saturated carbocycles. The highest BCUT2D eigenvalue weighted by atomic mass is 16.6. The highest BCUT2D eigenvalue weighted by molar-refractivity contribution is 5.92. The van der Waals surface area contributed by atoms with Crippen molar-refractivity contribution in [2.75, 3.05) is 6.61 Å². The van der Waals surface area contributed by atoms with Crippen molar-refractivity contribution in [3.8, 4) is 17.0 Å². The second kappa shape index (κ2) is 6.00. The van der Waals surface area contributed by atoms with E-state index in [0.717, 1.165) is 0 Å². The molecule has 1 aromatic carbocycles. The molecule has 0 radical (unpaired) electrons. The lowest BCUT2D eigenvalue weighted by molar-refractivity contribution is -0.384. The standard InChI is InChI=1S/C14H12N2O5/c1-2-21-13-8-15-12(7-11(13)14(17)18)9-3-5-10(6-4-9)16(19)20/h3-8H,2H2,1H3,(H,17,18). The van der Waals surface area contributed by atoms with Crippen LogP contribution in [0.5, 0.6) is 5.75 Å². The molecule has 0 atom stereocenters. The molecule has 0 fully saturated rings. The highest BCUT2D eigenvalue weighted by Crippen LogP contribution is 2.25. The Morgan fingerprint density at radius 3 is 2.57 bits per heavy atom. The summed E-state index contributed by atoms with van der Waals surface area (Å²) in [6.07, 6.45) is 1.34. The topological polar surface area (TPSA) is 103 Å². The van der Waals surface area contributed by atoms with E-state index in [1.54, 1.807) is 6.92 Å². The molecule has 0 bridgehead atoms. The van der Waals surface area contributed by atoms with Crippen LogP contribution in [0, 0.1) is 10.1 Å². The van der Waals surface area contributed by atoms with Gasteiger partial charge in [0.15, 0.2) is 5.75 Å². The lowest BCUT2D eigenvalue weighted by atomic mass is 10.1. The number of carbonyl (C=O) groups is 1. The van der Waals surface area contributed by atoms with Gasteiger partial charge in [-0.05, 0) is 25.1 Å². The van der Waals surface area contributed by atoms with Gasteiger partial charge >= 0.3 is 5.97 Å². The molecule has 2 aromatic rings. The molecule has 0 amide bonds. The largest absolute Gasteiger partial charge is 0.491 e. The summed E-state index contributed by atoms with van der Waals surface area (Å²) in [6, 6.07) is 7.11. The van der Waals surface area contributed by atoms with Crippen molar-refractivity contribution >= 4 is 11.7 Å². The van der Waals surface area contributed by atoms with Gasteiger partial charge < -0.3 is 9.84 Å². The zero-order valence-electron chi connectivity index (χ0n) is 11.1. The maximum Gasteiger partial charge on any atom is 0.339 e. The summed E-state index contributed by atoms with van der Waals surface area (Å²) in [7, 11) is 0. The molecule has 108 valence electrons. The smallest absolute Gasteiger partial charge is 0.339 e. The Kier molecular flexibility index (Phi) is 4.13. The van der Waals surface area contributed by atoms with Gasteiger partial charge in [-0.1, -0.05) is 0 Å². The van der Waals surface area contributed by atoms with Crippen LogP contribution in [-0.4, -0.2) is 27.6 Å². The number of non-ortho nitro benzene ring substituents is 1. The van der Waals surface area contributed by atoms with E-state index >= 15 is 0 Å². The van der Waals surface area contributed by atoms with Gasteiger partial charge in [0.25, 0.3) is 5.69 Å². The summed E-state index contributed by atoms with van der Waals surface area (Å²) in [6.45, 7) is 2.08. The molecule has 0 aliphatic carbocycles. The monoisotopic (exact) mass is 288 g/mol. The lowest BCUT2D eigenvalue weighted by Crippen LogP contribution is -2.04. The number of rotatable bonds is 5. The van der Waals surface area contributed by atoms with Crippen LogP contribution in [0.15, 0.2) is 36.5 Å². The number of benzene rings is 1. The number of hydrogen-bond donors (Lipinski definition) is 1. The summed E-state index contributed by atoms with van der Waals surface area (Å²) >= 11 is 0. The van der Waals surface area contributed by atoms with Crippen molar-refractivity contribution in [1.29, 1.82) is 0 Å². The van der Waals surface area contributed by atoms with Gasteiger partial charge in [-0.15, -0.1) is 0 Å². The minimum absolute atomic E-state index is 0.000188. The van der Waals surface area contributed by atoms with Crippen molar-refractivity contribution in [2.24, 2.45) is 0 Å². The Balaban J connectivity index is 2.42. The first-order valence-corrected chi connectivity index (χ1v) is 6.14. The number of aromatic nitrogens is 1. The van der Waals surface area contributed by atoms with Gasteiger partial charge in [-0.2, -0.15) is 0 Å². The molecule has 1 N–H and O–H groups in total. The third-order valence-electron chi connectivity index (χ3n) is 2.77. The van der Waals surface area contributed by atoms with Crippen molar-refractivity contribution < 1.29 is 19.6 Å². The first-order valence-electron chi connectivity index (χ1n) is 6.14. The maximum atomic E-state index is 11.2. The summed E-state index contributed by atoms with van der Waals surface area (Å²) in [5, 5.41) is 19.8. The summed E-state index contributed by atoms with van der Waals surface area (Å²) in [5.41, 5.74) is 0.959. The fourth-order valence-corrected chi connectivity index (χ4v) is 1.79. The van der Waals surface area contributed by atoms with Crippen LogP contribution < -0.4 is 4.74 Å². The van der Waals surface area contributed by atoms with Crippen LogP contribution in [0.2, 0.25) is 0 Å². The van der Waals surface area contributed by atoms with Crippen molar-refractivity contribution in [1.82, 2.24) is 4.98 Å². The third kappa shape index (κ3) is 3.14. The van der Waals surface area contributed by atoms with Gasteiger partial charge in [0, 0.05) is 17.7 Å². The Hall–Kier alpha value is -2.96. The van der Waals surface area contributed by atoms with E-state index in [1.807, 2.05) is 0 Å². The van der Waals surface area contributed by atoms with Crippen LogP contribution >= 0.6 is 0 Å². The number of ether oxygens (including phenoxy) is 1. The molecule has 0 spiro atoms. The Labute approximate surface area is 120 Å². The van der Waals surface area contributed by atoms with Crippen molar-refractivity contribution in [2.45, 2.75) is 6.92 Å². The fraction of sp³-hybridized carbons (Fsp3) is 0.143. The van der Waals surface area contributed by atoms with Crippen LogP contribution in [0.25, 0.3) is 11.3 Å². The maximum absolute atomic E-state index is 11.2. The zero-order valence-corrected chi connectivity index (χ0v) is 11.1. The predicted molar refractivity (Wildman–Crippen MR) is 74.5 cm³/mol. The Morgan fingerprint density at radius 1 is 1.38 bits per heavy atom. The van der Waals surface area contributed by atoms with E-state index in [-0.39, 0.29) is 17.0 Å². The molecular formula is C14H12N2O5. The first-order chi connectivity index (χ1) is 10.0. The van der Waals surface area contributed by atoms with Crippen molar-refractivity contribution in [3.63, 3.8) is 0 Å². The number of nitro groups is 1. The highest BCUT2D eigenvalue weighted by Gasteiger charge is 2.14. The quantitative estimate of drug-likeness (QED) is 0.670. The fourth-order valence-electron chi connectivity index (χ4n) is 1.79. The van der Waals surface area contributed by atoms with Gasteiger partial charge in [-0.25, -0.2) is 4.79 Å². The summed E-state index contributed by atoms with van der Waals surface area (Å²) < 4.78 is 5.21. The van der Waals surface area contributed by atoms with E-state index in [2.05, 4.69) is 4.98 Å². The summed E-state index contributed by atoms with van der Waals surface area (Å²) in [4.78, 5) is 25.5. The van der Waals surface area contributed by atoms with E-state index < -0.39 is 10.9 Å². The number of nitro benzene ring substituents is 1. The average Bonchev–Trinajstić information content (AvgIpc) is 2.48. The normalized spacial score (nSPS) is 10.1. The average molecular weight is 288 g/mol. The van der Waals surface area contributed by atoms with E-state index in [0.29, 0.717) is 17.9 Å². The molecule has 0 saturated heterocycles. The molecule has 1 aromatic heterocycles. The molecule has 2 rings (SSSR count). The van der Waals surface area contributed by atoms with Gasteiger partial charge in [0.05, 0.1) is 23.4 Å². The minimum Gasteiger partial charge on any atom is -0.491 e. The molecule has 0 aliphatic heterocycles. The second-order valence-corrected chi connectivity index (χ2v) is 4.11. The molecular weight excluding hydrogens is 276 g/mol. The van der Waals surface area contributed by atoms with Crippen LogP contribution in [0.3, 0.4) is 0 Å². The second-order valence-electron chi connectivity index (χ2n) is 4.11. The van der Waals surface area contributed by atoms with E-state index in [4.69, 9.17) is 4.74 Å². The van der Waals surface area contributed by atoms with Crippen LogP contribution in [0.1, 0.15) is 17.3 Å². The molecule has 21 heavy (non-hydrogen) atoms. The van der Waals surface area contributed by atoms with Crippen molar-refractivity contribution in [3.05, 3.63) is 52.2 Å². The van der Waals surface area contributed by atoms with Gasteiger partial charge in [-0.3, -0.25) is 15.1 Å². The molecule has 0 unspecified atom stereocenters. The third-order valence-corrected chi connectivity index (χ3v) is 2.77. The van der Waals surface area contributed by atoms with E-state index in [1.165, 1.54) is 36.5 Å². The molecule has 7 nitrogen and oxygen atoms in total. The lowest BCUT2D eigenvalue weighted by Gasteiger charge is -2.08. The molecule has 7 heteroatoms. The molecule has 1 heterocycles. The Bertz CT molecular complexity index is 682. The summed E-state index contributed by atoms with van der Waals surface area (Å²) in [5.74, 6) is -0.931. The molecule has 0 aliphatic rings. The van der Waals surface area contributed by atoms with Crippen LogP contribution in [0.4, 0.5) is 5.69 Å². The van der Waals surface area contributed by atoms with E-state index in [9.17, 15) is 20.0 Å². The van der Waals surface area contributed by atoms with Crippen LogP contribution in [-0.2, 0) is 0 Å². The number of pyridine rings is 1. The predicted octanol–water partition coefficient (Wildman–Crippen LogP) is 2.75. The van der Waals surface area contributed by atoms with Gasteiger partial charge in [0.2, 0.25) is 0 Å². The number of nitrogens with zero attached hydrogens (tertiary/aromatic N) is 2. The van der Waals surface area contributed by atoms with Gasteiger partial charge in [0.1, 0.15) is 5.56 Å². The number of aromatic carboxylic acids is 1. The number of hydrogen-bond acceptors (Lipinski definition) is 5. The Morgan fingerprint density at radius 2 is 2.05 bits per heavy atom. The first kappa shape index (κ1) is 14.4. The minimum atomic E-state index is -1.12. The SMILES string of the molecule is CCOc1cnc(-c2ccc([N+](=O)[O-])cc2)cc1C(=O)O. The number of carboxylic acid groups (broad SMARTS) is 1.